The fourth-order valence-corrected chi connectivity index (χ4v) is 3.42. The molecule has 0 atom stereocenters. The Morgan fingerprint density at radius 3 is 1.43 bits per heavy atom. The third-order valence-corrected chi connectivity index (χ3v) is 5.01. The predicted octanol–water partition coefficient (Wildman–Crippen LogP) is 3.86. The van der Waals surface area contributed by atoms with Crippen molar-refractivity contribution in [2.45, 2.75) is 26.7 Å². The minimum Gasteiger partial charge on any atom is -0.493 e. The average molecular weight is 411 g/mol. The number of para-hydroxylation sites is 2. The second-order valence-corrected chi connectivity index (χ2v) is 7.27. The summed E-state index contributed by atoms with van der Waals surface area (Å²) in [6.45, 7) is 7.18. The molecule has 6 heteroatoms. The van der Waals surface area contributed by atoms with E-state index in [0.29, 0.717) is 62.0 Å². The molecular weight excluding hydrogens is 380 g/mol. The topological polar surface area (TPSA) is 59.1 Å². The van der Waals surface area contributed by atoms with Gasteiger partial charge < -0.3 is 19.3 Å². The lowest BCUT2D eigenvalue weighted by Crippen LogP contribution is -2.50. The fourth-order valence-electron chi connectivity index (χ4n) is 3.42. The number of hydrogen-bond donors (Lipinski definition) is 0. The van der Waals surface area contributed by atoms with E-state index in [1.54, 1.807) is 21.9 Å². The van der Waals surface area contributed by atoms with Gasteiger partial charge in [-0.15, -0.1) is 0 Å². The zero-order valence-electron chi connectivity index (χ0n) is 17.8. The van der Waals surface area contributed by atoms with Crippen molar-refractivity contribution >= 4 is 11.8 Å². The van der Waals surface area contributed by atoms with E-state index >= 15 is 0 Å². The van der Waals surface area contributed by atoms with Gasteiger partial charge in [-0.2, -0.15) is 0 Å². The highest BCUT2D eigenvalue weighted by molar-refractivity contribution is 5.98. The van der Waals surface area contributed by atoms with Crippen molar-refractivity contribution in [3.8, 4) is 11.5 Å². The maximum absolute atomic E-state index is 13.0. The number of hydrogen-bond acceptors (Lipinski definition) is 4. The molecule has 1 saturated heterocycles. The molecule has 1 heterocycles. The van der Waals surface area contributed by atoms with Crippen LogP contribution in [0, 0.1) is 0 Å². The molecule has 0 spiro atoms. The van der Waals surface area contributed by atoms with Crippen LogP contribution in [0.1, 0.15) is 47.4 Å². The number of carbonyl (C=O) groups is 2. The van der Waals surface area contributed by atoms with Gasteiger partial charge in [-0.05, 0) is 37.1 Å². The van der Waals surface area contributed by atoms with Crippen molar-refractivity contribution in [1.29, 1.82) is 0 Å². The molecule has 3 rings (SSSR count). The van der Waals surface area contributed by atoms with Crippen LogP contribution in [-0.2, 0) is 0 Å². The number of rotatable bonds is 8. The summed E-state index contributed by atoms with van der Waals surface area (Å²) >= 11 is 0. The van der Waals surface area contributed by atoms with Crippen LogP contribution in [0.2, 0.25) is 0 Å². The SMILES string of the molecule is CCCOc1ccccc1C(=O)N1CCN(C(=O)c2ccccc2OCCC)CC1. The molecule has 0 N–H and O–H groups in total. The largest absolute Gasteiger partial charge is 0.493 e. The first kappa shape index (κ1) is 21.7. The van der Waals surface area contributed by atoms with Gasteiger partial charge in [0.05, 0.1) is 24.3 Å². The number of benzene rings is 2. The molecule has 1 aliphatic rings. The molecule has 0 unspecified atom stereocenters. The van der Waals surface area contributed by atoms with E-state index in [4.69, 9.17) is 9.47 Å². The fraction of sp³-hybridized carbons (Fsp3) is 0.417. The van der Waals surface area contributed by atoms with E-state index in [1.165, 1.54) is 0 Å². The Bertz CT molecular complexity index is 788. The van der Waals surface area contributed by atoms with Gasteiger partial charge in [-0.1, -0.05) is 38.1 Å². The summed E-state index contributed by atoms with van der Waals surface area (Å²) in [4.78, 5) is 29.6. The Hall–Kier alpha value is -3.02. The third-order valence-electron chi connectivity index (χ3n) is 5.01. The monoisotopic (exact) mass is 410 g/mol. The Kier molecular flexibility index (Phi) is 7.71. The van der Waals surface area contributed by atoms with Gasteiger partial charge in [0.25, 0.3) is 11.8 Å². The zero-order chi connectivity index (χ0) is 21.3. The van der Waals surface area contributed by atoms with Crippen molar-refractivity contribution in [2.24, 2.45) is 0 Å². The first-order valence-electron chi connectivity index (χ1n) is 10.7. The average Bonchev–Trinajstić information content (AvgIpc) is 2.81. The number of ether oxygens (including phenoxy) is 2. The second-order valence-electron chi connectivity index (χ2n) is 7.27. The lowest BCUT2D eigenvalue weighted by molar-refractivity contribution is 0.0530. The quantitative estimate of drug-likeness (QED) is 0.663. The lowest BCUT2D eigenvalue weighted by atomic mass is 10.1. The van der Waals surface area contributed by atoms with E-state index in [-0.39, 0.29) is 11.8 Å². The van der Waals surface area contributed by atoms with Gasteiger partial charge >= 0.3 is 0 Å². The number of amides is 2. The van der Waals surface area contributed by atoms with Gasteiger partial charge in [-0.25, -0.2) is 0 Å². The van der Waals surface area contributed by atoms with Gasteiger partial charge in [0.15, 0.2) is 0 Å². The van der Waals surface area contributed by atoms with Crippen molar-refractivity contribution in [3.05, 3.63) is 59.7 Å². The first-order chi connectivity index (χ1) is 14.7. The molecule has 0 aliphatic carbocycles. The van der Waals surface area contributed by atoms with Gasteiger partial charge in [0.2, 0.25) is 0 Å². The molecule has 1 fully saturated rings. The molecule has 0 aromatic heterocycles. The molecule has 160 valence electrons. The number of nitrogens with zero attached hydrogens (tertiary/aromatic N) is 2. The van der Waals surface area contributed by atoms with Gasteiger partial charge in [0.1, 0.15) is 11.5 Å². The van der Waals surface area contributed by atoms with Gasteiger partial charge in [-0.3, -0.25) is 9.59 Å². The van der Waals surface area contributed by atoms with Crippen LogP contribution in [0.15, 0.2) is 48.5 Å². The molecule has 1 aliphatic heterocycles. The summed E-state index contributed by atoms with van der Waals surface area (Å²) in [5.41, 5.74) is 1.15. The summed E-state index contributed by atoms with van der Waals surface area (Å²) in [5, 5.41) is 0. The summed E-state index contributed by atoms with van der Waals surface area (Å²) < 4.78 is 11.5. The Balaban J connectivity index is 1.64. The summed E-state index contributed by atoms with van der Waals surface area (Å²) in [7, 11) is 0. The van der Waals surface area contributed by atoms with Crippen LogP contribution in [0.4, 0.5) is 0 Å². The van der Waals surface area contributed by atoms with Gasteiger partial charge in [0, 0.05) is 26.2 Å². The highest BCUT2D eigenvalue weighted by Gasteiger charge is 2.28. The number of piperazine rings is 1. The maximum atomic E-state index is 13.0. The highest BCUT2D eigenvalue weighted by atomic mass is 16.5. The Morgan fingerprint density at radius 1 is 0.700 bits per heavy atom. The maximum Gasteiger partial charge on any atom is 0.257 e. The van der Waals surface area contributed by atoms with E-state index in [2.05, 4.69) is 0 Å². The van der Waals surface area contributed by atoms with E-state index in [9.17, 15) is 9.59 Å². The summed E-state index contributed by atoms with van der Waals surface area (Å²) in [5.74, 6) is 1.12. The Labute approximate surface area is 178 Å². The van der Waals surface area contributed by atoms with Crippen molar-refractivity contribution < 1.29 is 19.1 Å². The van der Waals surface area contributed by atoms with Crippen LogP contribution in [0.5, 0.6) is 11.5 Å². The van der Waals surface area contributed by atoms with Crippen LogP contribution in [-0.4, -0.2) is 61.0 Å². The molecule has 2 aromatic carbocycles. The zero-order valence-corrected chi connectivity index (χ0v) is 17.8. The van der Waals surface area contributed by atoms with Crippen molar-refractivity contribution in [3.63, 3.8) is 0 Å². The number of carbonyl (C=O) groups excluding carboxylic acids is 2. The van der Waals surface area contributed by atoms with Crippen LogP contribution in [0.25, 0.3) is 0 Å². The van der Waals surface area contributed by atoms with Crippen molar-refractivity contribution in [1.82, 2.24) is 9.80 Å². The lowest BCUT2D eigenvalue weighted by Gasteiger charge is -2.35. The molecule has 30 heavy (non-hydrogen) atoms. The molecule has 2 aromatic rings. The summed E-state index contributed by atoms with van der Waals surface area (Å²) in [6.07, 6.45) is 1.76. The summed E-state index contributed by atoms with van der Waals surface area (Å²) in [6, 6.07) is 14.7. The smallest absolute Gasteiger partial charge is 0.257 e. The van der Waals surface area contributed by atoms with E-state index in [1.807, 2.05) is 50.2 Å². The van der Waals surface area contributed by atoms with Crippen LogP contribution >= 0.6 is 0 Å². The molecule has 0 saturated carbocycles. The Morgan fingerprint density at radius 2 is 1.07 bits per heavy atom. The minimum absolute atomic E-state index is 0.0551. The van der Waals surface area contributed by atoms with Crippen LogP contribution in [0.3, 0.4) is 0 Å². The standard InChI is InChI=1S/C24H30N2O4/c1-3-17-29-21-11-7-5-9-19(21)23(27)25-13-15-26(16-14-25)24(28)20-10-6-8-12-22(20)30-18-4-2/h5-12H,3-4,13-18H2,1-2H3. The van der Waals surface area contributed by atoms with E-state index in [0.717, 1.165) is 12.8 Å². The first-order valence-corrected chi connectivity index (χ1v) is 10.7. The van der Waals surface area contributed by atoms with Crippen LogP contribution < -0.4 is 9.47 Å². The highest BCUT2D eigenvalue weighted by Crippen LogP contribution is 2.23. The minimum atomic E-state index is -0.0551. The second kappa shape index (κ2) is 10.7. The predicted molar refractivity (Wildman–Crippen MR) is 116 cm³/mol. The molecule has 6 nitrogen and oxygen atoms in total. The molecule has 2 amide bonds. The molecular formula is C24H30N2O4. The van der Waals surface area contributed by atoms with E-state index < -0.39 is 0 Å². The third kappa shape index (κ3) is 5.12. The normalized spacial score (nSPS) is 13.8. The molecule has 0 radical (unpaired) electrons. The molecule has 0 bridgehead atoms. The van der Waals surface area contributed by atoms with Crippen molar-refractivity contribution in [2.75, 3.05) is 39.4 Å².